The fourth-order valence-electron chi connectivity index (χ4n) is 2.26. The lowest BCUT2D eigenvalue weighted by Gasteiger charge is -2.23. The molecule has 0 radical (unpaired) electrons. The van der Waals surface area contributed by atoms with Crippen LogP contribution in [0.15, 0.2) is 16.7 Å². The Morgan fingerprint density at radius 2 is 2.00 bits per heavy atom. The Labute approximate surface area is 93.0 Å². The maximum absolute atomic E-state index is 5.91. The topological polar surface area (TPSA) is 38.9 Å². The fourth-order valence-corrected chi connectivity index (χ4v) is 2.91. The van der Waals surface area contributed by atoms with E-state index in [2.05, 4.69) is 20.9 Å². The van der Waals surface area contributed by atoms with Crippen LogP contribution in [0.3, 0.4) is 0 Å². The predicted molar refractivity (Wildman–Crippen MR) is 62.2 cm³/mol. The number of hydrogen-bond donors (Lipinski definition) is 1. The minimum absolute atomic E-state index is 0.617. The van der Waals surface area contributed by atoms with Gasteiger partial charge in [-0.2, -0.15) is 0 Å². The monoisotopic (exact) mass is 254 g/mol. The van der Waals surface area contributed by atoms with Crippen molar-refractivity contribution < 1.29 is 0 Å². The number of pyridine rings is 1. The van der Waals surface area contributed by atoms with E-state index in [9.17, 15) is 0 Å². The predicted octanol–water partition coefficient (Wildman–Crippen LogP) is 3.47. The molecule has 2 nitrogen and oxygen atoms in total. The molecule has 0 bridgehead atoms. The van der Waals surface area contributed by atoms with Crippen molar-refractivity contribution in [3.63, 3.8) is 0 Å². The molecule has 14 heavy (non-hydrogen) atoms. The summed E-state index contributed by atoms with van der Waals surface area (Å²) in [5.41, 5.74) is 7.14. The molecule has 1 fully saturated rings. The zero-order valence-electron chi connectivity index (χ0n) is 8.17. The molecule has 0 unspecified atom stereocenters. The van der Waals surface area contributed by atoms with Gasteiger partial charge in [-0.1, -0.05) is 35.2 Å². The third-order valence-corrected chi connectivity index (χ3v) is 3.67. The van der Waals surface area contributed by atoms with Gasteiger partial charge in [0.1, 0.15) is 5.82 Å². The SMILES string of the molecule is Nc1nccc(Br)c1C1CCCCC1. The molecule has 3 heteroatoms. The highest BCUT2D eigenvalue weighted by atomic mass is 79.9. The van der Waals surface area contributed by atoms with Crippen molar-refractivity contribution in [3.05, 3.63) is 22.3 Å². The van der Waals surface area contributed by atoms with Crippen LogP contribution in [0, 0.1) is 0 Å². The summed E-state index contributed by atoms with van der Waals surface area (Å²) in [5.74, 6) is 1.32. The molecule has 0 amide bonds. The number of hydrogen-bond acceptors (Lipinski definition) is 2. The smallest absolute Gasteiger partial charge is 0.127 e. The quantitative estimate of drug-likeness (QED) is 0.834. The zero-order chi connectivity index (χ0) is 9.97. The van der Waals surface area contributed by atoms with Gasteiger partial charge >= 0.3 is 0 Å². The van der Waals surface area contributed by atoms with E-state index in [4.69, 9.17) is 5.73 Å². The molecule has 2 N–H and O–H groups in total. The molecule has 1 aromatic rings. The molecule has 1 heterocycles. The number of halogens is 1. The number of aromatic nitrogens is 1. The van der Waals surface area contributed by atoms with Gasteiger partial charge in [-0.25, -0.2) is 4.98 Å². The van der Waals surface area contributed by atoms with E-state index in [1.807, 2.05) is 6.07 Å². The van der Waals surface area contributed by atoms with E-state index in [0.717, 1.165) is 4.47 Å². The van der Waals surface area contributed by atoms with Gasteiger partial charge in [-0.3, -0.25) is 0 Å². The molecule has 0 aliphatic heterocycles. The first-order chi connectivity index (χ1) is 6.79. The van der Waals surface area contributed by atoms with Crippen LogP contribution in [0.4, 0.5) is 5.82 Å². The lowest BCUT2D eigenvalue weighted by Crippen LogP contribution is -2.09. The van der Waals surface area contributed by atoms with E-state index in [1.165, 1.54) is 37.7 Å². The molecular formula is C11H15BrN2. The summed E-state index contributed by atoms with van der Waals surface area (Å²) in [6.45, 7) is 0. The Bertz CT molecular complexity index is 299. The minimum Gasteiger partial charge on any atom is -0.383 e. The molecule has 1 aromatic heterocycles. The van der Waals surface area contributed by atoms with E-state index in [-0.39, 0.29) is 0 Å². The Balaban J connectivity index is 2.29. The maximum Gasteiger partial charge on any atom is 0.127 e. The lowest BCUT2D eigenvalue weighted by molar-refractivity contribution is 0.443. The second-order valence-electron chi connectivity index (χ2n) is 3.93. The highest BCUT2D eigenvalue weighted by Crippen LogP contribution is 2.38. The van der Waals surface area contributed by atoms with Crippen LogP contribution in [0.2, 0.25) is 0 Å². The molecule has 0 atom stereocenters. The second kappa shape index (κ2) is 4.30. The average Bonchev–Trinajstić information content (AvgIpc) is 2.19. The molecule has 2 rings (SSSR count). The van der Waals surface area contributed by atoms with Gasteiger partial charge in [-0.05, 0) is 24.8 Å². The normalized spacial score (nSPS) is 18.4. The molecule has 76 valence electrons. The number of nitrogens with zero attached hydrogens (tertiary/aromatic N) is 1. The van der Waals surface area contributed by atoms with E-state index < -0.39 is 0 Å². The number of nitrogen functional groups attached to an aromatic ring is 1. The highest BCUT2D eigenvalue weighted by Gasteiger charge is 2.20. The molecule has 1 aliphatic carbocycles. The third kappa shape index (κ3) is 1.92. The second-order valence-corrected chi connectivity index (χ2v) is 4.78. The standard InChI is InChI=1S/C11H15BrN2/c12-9-6-7-14-11(13)10(9)8-4-2-1-3-5-8/h6-8H,1-5H2,(H2,13,14). The average molecular weight is 255 g/mol. The summed E-state index contributed by atoms with van der Waals surface area (Å²) in [4.78, 5) is 4.16. The lowest BCUT2D eigenvalue weighted by atomic mass is 9.84. The highest BCUT2D eigenvalue weighted by molar-refractivity contribution is 9.10. The van der Waals surface area contributed by atoms with Crippen LogP contribution in [0.1, 0.15) is 43.6 Å². The first-order valence-electron chi connectivity index (χ1n) is 5.19. The van der Waals surface area contributed by atoms with E-state index >= 15 is 0 Å². The largest absolute Gasteiger partial charge is 0.383 e. The Hall–Kier alpha value is -0.570. The zero-order valence-corrected chi connectivity index (χ0v) is 9.76. The van der Waals surface area contributed by atoms with Gasteiger partial charge in [0.2, 0.25) is 0 Å². The minimum atomic E-state index is 0.617. The number of nitrogens with two attached hydrogens (primary N) is 1. The van der Waals surface area contributed by atoms with Crippen molar-refractivity contribution in [3.8, 4) is 0 Å². The van der Waals surface area contributed by atoms with Crippen LogP contribution >= 0.6 is 15.9 Å². The summed E-state index contributed by atoms with van der Waals surface area (Å²) in [6, 6.07) is 1.99. The molecular weight excluding hydrogens is 240 g/mol. The van der Waals surface area contributed by atoms with Gasteiger partial charge in [-0.15, -0.1) is 0 Å². The van der Waals surface area contributed by atoms with Crippen LogP contribution in [-0.2, 0) is 0 Å². The molecule has 1 saturated carbocycles. The Morgan fingerprint density at radius 3 is 2.64 bits per heavy atom. The first-order valence-corrected chi connectivity index (χ1v) is 5.98. The summed E-state index contributed by atoms with van der Waals surface area (Å²) in [7, 11) is 0. The van der Waals surface area contributed by atoms with Crippen LogP contribution < -0.4 is 5.73 Å². The summed E-state index contributed by atoms with van der Waals surface area (Å²) >= 11 is 3.56. The maximum atomic E-state index is 5.91. The molecule has 0 spiro atoms. The number of anilines is 1. The van der Waals surface area contributed by atoms with Crippen LogP contribution in [0.25, 0.3) is 0 Å². The van der Waals surface area contributed by atoms with Gasteiger partial charge in [0, 0.05) is 16.2 Å². The van der Waals surface area contributed by atoms with Crippen LogP contribution in [-0.4, -0.2) is 4.98 Å². The van der Waals surface area contributed by atoms with Gasteiger partial charge in [0.25, 0.3) is 0 Å². The van der Waals surface area contributed by atoms with Crippen molar-refractivity contribution in [1.82, 2.24) is 4.98 Å². The van der Waals surface area contributed by atoms with Gasteiger partial charge in [0.15, 0.2) is 0 Å². The van der Waals surface area contributed by atoms with Crippen molar-refractivity contribution in [2.45, 2.75) is 38.0 Å². The first kappa shape index (κ1) is 9.97. The van der Waals surface area contributed by atoms with Crippen molar-refractivity contribution in [2.24, 2.45) is 0 Å². The van der Waals surface area contributed by atoms with Crippen molar-refractivity contribution in [1.29, 1.82) is 0 Å². The Morgan fingerprint density at radius 1 is 1.29 bits per heavy atom. The Kier molecular flexibility index (Phi) is 3.06. The molecule has 0 aromatic carbocycles. The van der Waals surface area contributed by atoms with Crippen LogP contribution in [0.5, 0.6) is 0 Å². The molecule has 1 aliphatic rings. The van der Waals surface area contributed by atoms with E-state index in [0.29, 0.717) is 11.7 Å². The summed E-state index contributed by atoms with van der Waals surface area (Å²) < 4.78 is 1.12. The summed E-state index contributed by atoms with van der Waals surface area (Å²) in [6.07, 6.45) is 8.29. The van der Waals surface area contributed by atoms with Crippen molar-refractivity contribution in [2.75, 3.05) is 5.73 Å². The fraction of sp³-hybridized carbons (Fsp3) is 0.545. The van der Waals surface area contributed by atoms with Gasteiger partial charge < -0.3 is 5.73 Å². The molecule has 0 saturated heterocycles. The van der Waals surface area contributed by atoms with Gasteiger partial charge in [0.05, 0.1) is 0 Å². The van der Waals surface area contributed by atoms with Crippen molar-refractivity contribution >= 4 is 21.7 Å². The third-order valence-electron chi connectivity index (χ3n) is 2.98. The summed E-state index contributed by atoms with van der Waals surface area (Å²) in [5, 5.41) is 0. The number of rotatable bonds is 1. The van der Waals surface area contributed by atoms with E-state index in [1.54, 1.807) is 6.20 Å².